The number of hydrogen-bond donors (Lipinski definition) is 2. The topological polar surface area (TPSA) is 103 Å². The Balaban J connectivity index is 1.43. The fraction of sp³-hybridized carbons (Fsp3) is 0.417. The molecule has 0 saturated heterocycles. The van der Waals surface area contributed by atoms with Crippen molar-refractivity contribution in [2.24, 2.45) is 0 Å². The van der Waals surface area contributed by atoms with Crippen LogP contribution in [0.4, 0.5) is 0 Å². The molecule has 0 unspecified atom stereocenters. The standard InChI is InChI=1S/C24H27NO7/c1-24(2)11-18(27)23-17(26)8-14(9-21(23)32-24)31-12-22(28)25-16-6-5-13-7-19(29-3)20(30-4)10-15(13)16/h7-10,16,26H,5-6,11-12H2,1-4H3,(H,25,28)/t16-/m0/s1. The van der Waals surface area contributed by atoms with Crippen LogP contribution in [0.25, 0.3) is 0 Å². The third-order valence-electron chi connectivity index (χ3n) is 5.73. The number of aromatic hydroxyl groups is 1. The van der Waals surface area contributed by atoms with Crippen LogP contribution in [0.15, 0.2) is 24.3 Å². The lowest BCUT2D eigenvalue weighted by Crippen LogP contribution is -2.36. The normalized spacial score (nSPS) is 18.2. The number of hydrogen-bond acceptors (Lipinski definition) is 7. The number of amides is 1. The molecule has 170 valence electrons. The van der Waals surface area contributed by atoms with Crippen molar-refractivity contribution in [2.75, 3.05) is 20.8 Å². The number of methoxy groups -OCH3 is 2. The van der Waals surface area contributed by atoms with E-state index in [4.69, 9.17) is 18.9 Å². The summed E-state index contributed by atoms with van der Waals surface area (Å²) in [4.78, 5) is 24.9. The van der Waals surface area contributed by atoms with E-state index >= 15 is 0 Å². The molecule has 1 amide bonds. The summed E-state index contributed by atoms with van der Waals surface area (Å²) in [5.74, 6) is 1.08. The van der Waals surface area contributed by atoms with Gasteiger partial charge in [0.1, 0.15) is 28.4 Å². The van der Waals surface area contributed by atoms with Gasteiger partial charge in [-0.25, -0.2) is 0 Å². The smallest absolute Gasteiger partial charge is 0.258 e. The molecule has 2 aliphatic rings. The largest absolute Gasteiger partial charge is 0.507 e. The third-order valence-corrected chi connectivity index (χ3v) is 5.73. The molecular weight excluding hydrogens is 414 g/mol. The minimum absolute atomic E-state index is 0.146. The van der Waals surface area contributed by atoms with Gasteiger partial charge in [0.05, 0.1) is 26.7 Å². The highest BCUT2D eigenvalue weighted by atomic mass is 16.5. The van der Waals surface area contributed by atoms with E-state index in [1.807, 2.05) is 12.1 Å². The van der Waals surface area contributed by atoms with Crippen LogP contribution in [-0.4, -0.2) is 43.2 Å². The lowest BCUT2D eigenvalue weighted by atomic mass is 9.92. The van der Waals surface area contributed by atoms with Crippen LogP contribution < -0.4 is 24.3 Å². The quantitative estimate of drug-likeness (QED) is 0.709. The zero-order valence-corrected chi connectivity index (χ0v) is 18.6. The van der Waals surface area contributed by atoms with Gasteiger partial charge in [-0.1, -0.05) is 0 Å². The minimum atomic E-state index is -0.674. The molecule has 2 N–H and O–H groups in total. The van der Waals surface area contributed by atoms with E-state index < -0.39 is 5.60 Å². The Morgan fingerprint density at radius 1 is 1.19 bits per heavy atom. The molecule has 8 heteroatoms. The summed E-state index contributed by atoms with van der Waals surface area (Å²) in [5, 5.41) is 13.3. The van der Waals surface area contributed by atoms with E-state index in [9.17, 15) is 14.7 Å². The SMILES string of the molecule is COc1cc2c(cc1OC)[C@@H](NC(=O)COc1cc(O)c3c(c1)OC(C)(C)CC3=O)CC2. The van der Waals surface area contributed by atoms with E-state index in [1.165, 1.54) is 12.1 Å². The van der Waals surface area contributed by atoms with E-state index in [-0.39, 0.29) is 53.6 Å². The van der Waals surface area contributed by atoms with Crippen LogP contribution in [0.5, 0.6) is 28.7 Å². The van der Waals surface area contributed by atoms with Gasteiger partial charge >= 0.3 is 0 Å². The highest BCUT2D eigenvalue weighted by Gasteiger charge is 2.35. The van der Waals surface area contributed by atoms with Crippen molar-refractivity contribution in [3.8, 4) is 28.7 Å². The summed E-state index contributed by atoms with van der Waals surface area (Å²) < 4.78 is 22.1. The van der Waals surface area contributed by atoms with Gasteiger partial charge in [-0.15, -0.1) is 0 Å². The number of ether oxygens (including phenoxy) is 4. The van der Waals surface area contributed by atoms with Crippen molar-refractivity contribution in [1.29, 1.82) is 0 Å². The maximum atomic E-state index is 12.5. The molecule has 0 radical (unpaired) electrons. The van der Waals surface area contributed by atoms with Crippen LogP contribution >= 0.6 is 0 Å². The Morgan fingerprint density at radius 3 is 2.62 bits per heavy atom. The van der Waals surface area contributed by atoms with E-state index in [0.29, 0.717) is 11.5 Å². The first-order valence-electron chi connectivity index (χ1n) is 10.5. The van der Waals surface area contributed by atoms with Crippen molar-refractivity contribution in [1.82, 2.24) is 5.32 Å². The van der Waals surface area contributed by atoms with Gasteiger partial charge in [-0.2, -0.15) is 0 Å². The molecule has 0 fully saturated rings. The highest BCUT2D eigenvalue weighted by molar-refractivity contribution is 6.03. The number of phenolic OH excluding ortho intramolecular Hbond substituents is 1. The maximum absolute atomic E-state index is 12.5. The average Bonchev–Trinajstić information content (AvgIpc) is 3.11. The zero-order chi connectivity index (χ0) is 23.0. The Kier molecular flexibility index (Phi) is 5.62. The second-order valence-electron chi connectivity index (χ2n) is 8.63. The van der Waals surface area contributed by atoms with Crippen LogP contribution in [0.2, 0.25) is 0 Å². The summed E-state index contributed by atoms with van der Waals surface area (Å²) in [6, 6.07) is 6.54. The number of ketones is 1. The first-order chi connectivity index (χ1) is 15.2. The van der Waals surface area contributed by atoms with Gasteiger partial charge in [0.2, 0.25) is 0 Å². The van der Waals surface area contributed by atoms with Gasteiger partial charge in [-0.05, 0) is 49.9 Å². The third kappa shape index (κ3) is 4.17. The number of rotatable bonds is 6. The van der Waals surface area contributed by atoms with Crippen molar-refractivity contribution in [2.45, 2.75) is 44.8 Å². The molecule has 2 aromatic rings. The molecule has 0 aromatic heterocycles. The number of fused-ring (bicyclic) bond motifs is 2. The number of Topliss-reactive ketones (excluding diaryl/α,β-unsaturated/α-hetero) is 1. The predicted octanol–water partition coefficient (Wildman–Crippen LogP) is 3.34. The average molecular weight is 441 g/mol. The summed E-state index contributed by atoms with van der Waals surface area (Å²) in [6.07, 6.45) is 1.76. The van der Waals surface area contributed by atoms with E-state index in [2.05, 4.69) is 5.32 Å². The Morgan fingerprint density at radius 2 is 1.91 bits per heavy atom. The lowest BCUT2D eigenvalue weighted by Gasteiger charge is -2.32. The number of phenols is 1. The zero-order valence-electron chi connectivity index (χ0n) is 18.6. The molecule has 1 heterocycles. The summed E-state index contributed by atoms with van der Waals surface area (Å²) >= 11 is 0. The molecular formula is C24H27NO7. The molecule has 1 aliphatic carbocycles. The van der Waals surface area contributed by atoms with E-state index in [1.54, 1.807) is 28.1 Å². The van der Waals surface area contributed by atoms with Gasteiger partial charge in [-0.3, -0.25) is 9.59 Å². The Bertz CT molecular complexity index is 1080. The van der Waals surface area contributed by atoms with Gasteiger partial charge < -0.3 is 29.4 Å². The minimum Gasteiger partial charge on any atom is -0.507 e. The van der Waals surface area contributed by atoms with Crippen LogP contribution in [0.3, 0.4) is 0 Å². The number of aryl methyl sites for hydroxylation is 1. The highest BCUT2D eigenvalue weighted by Crippen LogP contribution is 2.41. The number of benzene rings is 2. The van der Waals surface area contributed by atoms with Gasteiger partial charge in [0.15, 0.2) is 23.9 Å². The van der Waals surface area contributed by atoms with Crippen LogP contribution in [0.1, 0.15) is 54.2 Å². The first-order valence-corrected chi connectivity index (χ1v) is 10.5. The van der Waals surface area contributed by atoms with Crippen LogP contribution in [-0.2, 0) is 11.2 Å². The molecule has 2 aromatic carbocycles. The van der Waals surface area contributed by atoms with E-state index in [0.717, 1.165) is 24.0 Å². The fourth-order valence-electron chi connectivity index (χ4n) is 4.30. The van der Waals surface area contributed by atoms with Crippen molar-refractivity contribution < 1.29 is 33.6 Å². The molecule has 0 spiro atoms. The molecule has 8 nitrogen and oxygen atoms in total. The molecule has 1 atom stereocenters. The second-order valence-corrected chi connectivity index (χ2v) is 8.63. The molecule has 1 aliphatic heterocycles. The predicted molar refractivity (Wildman–Crippen MR) is 116 cm³/mol. The molecule has 32 heavy (non-hydrogen) atoms. The van der Waals surface area contributed by atoms with Crippen molar-refractivity contribution in [3.05, 3.63) is 41.0 Å². The lowest BCUT2D eigenvalue weighted by molar-refractivity contribution is -0.123. The van der Waals surface area contributed by atoms with Gasteiger partial charge in [0, 0.05) is 12.1 Å². The first kappa shape index (κ1) is 21.8. The molecule has 0 saturated carbocycles. The molecule has 4 rings (SSSR count). The molecule has 0 bridgehead atoms. The summed E-state index contributed by atoms with van der Waals surface area (Å²) in [5.41, 5.74) is 1.58. The summed E-state index contributed by atoms with van der Waals surface area (Å²) in [6.45, 7) is 3.36. The fourth-order valence-corrected chi connectivity index (χ4v) is 4.30. The van der Waals surface area contributed by atoms with Crippen molar-refractivity contribution in [3.63, 3.8) is 0 Å². The second kappa shape index (κ2) is 8.26. The summed E-state index contributed by atoms with van der Waals surface area (Å²) in [7, 11) is 3.17. The number of carbonyl (C=O) groups excluding carboxylic acids is 2. The number of nitrogens with one attached hydrogen (secondary N) is 1. The van der Waals surface area contributed by atoms with Crippen molar-refractivity contribution >= 4 is 11.7 Å². The Hall–Kier alpha value is -3.42. The van der Waals surface area contributed by atoms with Gasteiger partial charge in [0.25, 0.3) is 5.91 Å². The Labute approximate surface area is 186 Å². The monoisotopic (exact) mass is 441 g/mol. The number of carbonyl (C=O) groups is 2. The van der Waals surface area contributed by atoms with Crippen LogP contribution in [0, 0.1) is 0 Å². The maximum Gasteiger partial charge on any atom is 0.258 e.